The standard InChI is InChI=1S/C24H42S/c1-8-17-11-13-23(6)18(17)9-10-20-22(5,15-16-25)19(21(2,3)4)12-14-24(20,23)7/h8,17-20,25H,1,9-16H2,2-7H3/t17?,18-,19?,20?,22+,23?,24-/m1/s1. The Labute approximate surface area is 163 Å². The van der Waals surface area contributed by atoms with Gasteiger partial charge in [0, 0.05) is 0 Å². The molecule has 3 aliphatic rings. The lowest BCUT2D eigenvalue weighted by Gasteiger charge is -2.67. The normalized spacial score (nSPS) is 50.2. The second-order valence-electron chi connectivity index (χ2n) is 11.4. The lowest BCUT2D eigenvalue weighted by atomic mass is 9.37. The molecule has 1 heteroatoms. The van der Waals surface area contributed by atoms with Gasteiger partial charge in [0.25, 0.3) is 0 Å². The van der Waals surface area contributed by atoms with Crippen LogP contribution in [0.5, 0.6) is 0 Å². The van der Waals surface area contributed by atoms with Gasteiger partial charge >= 0.3 is 0 Å². The van der Waals surface area contributed by atoms with Crippen LogP contribution in [0.25, 0.3) is 0 Å². The molecule has 0 aromatic heterocycles. The van der Waals surface area contributed by atoms with E-state index in [2.05, 4.69) is 54.2 Å². The summed E-state index contributed by atoms with van der Waals surface area (Å²) in [7, 11) is 0. The van der Waals surface area contributed by atoms with Crippen LogP contribution in [0.3, 0.4) is 0 Å². The first-order chi connectivity index (χ1) is 11.5. The highest BCUT2D eigenvalue weighted by molar-refractivity contribution is 7.80. The summed E-state index contributed by atoms with van der Waals surface area (Å²) >= 11 is 4.72. The molecule has 0 radical (unpaired) electrons. The van der Waals surface area contributed by atoms with Crippen LogP contribution >= 0.6 is 12.6 Å². The van der Waals surface area contributed by atoms with E-state index in [-0.39, 0.29) is 0 Å². The summed E-state index contributed by atoms with van der Waals surface area (Å²) in [4.78, 5) is 0. The van der Waals surface area contributed by atoms with Crippen LogP contribution in [0.1, 0.15) is 86.5 Å². The number of thiol groups is 1. The second-order valence-corrected chi connectivity index (χ2v) is 11.9. The van der Waals surface area contributed by atoms with Gasteiger partial charge in [0.1, 0.15) is 0 Å². The van der Waals surface area contributed by atoms with Crippen LogP contribution in [0, 0.1) is 45.3 Å². The van der Waals surface area contributed by atoms with Gasteiger partial charge in [0.05, 0.1) is 0 Å². The summed E-state index contributed by atoms with van der Waals surface area (Å²) in [5.41, 5.74) is 1.84. The molecule has 0 spiro atoms. The molecule has 3 rings (SSSR count). The Morgan fingerprint density at radius 3 is 2.20 bits per heavy atom. The fraction of sp³-hybridized carbons (Fsp3) is 0.917. The van der Waals surface area contributed by atoms with E-state index in [9.17, 15) is 0 Å². The van der Waals surface area contributed by atoms with E-state index in [1.807, 2.05) is 0 Å². The van der Waals surface area contributed by atoms with Gasteiger partial charge in [-0.1, -0.05) is 47.6 Å². The summed E-state index contributed by atoms with van der Waals surface area (Å²) in [5.74, 6) is 4.35. The van der Waals surface area contributed by atoms with E-state index in [4.69, 9.17) is 12.6 Å². The molecule has 4 unspecified atom stereocenters. The quantitative estimate of drug-likeness (QED) is 0.392. The average Bonchev–Trinajstić information content (AvgIpc) is 2.84. The molecule has 7 atom stereocenters. The third-order valence-corrected chi connectivity index (χ3v) is 9.94. The zero-order chi connectivity index (χ0) is 18.7. The SMILES string of the molecule is C=CC1CCC2(C)[C@@H]1CCC1[C@@](C)(CCS)C(C(C)(C)C)CC[C@]12C. The molecule has 0 heterocycles. The monoisotopic (exact) mass is 362 g/mol. The summed E-state index contributed by atoms with van der Waals surface area (Å²) < 4.78 is 0. The third kappa shape index (κ3) is 2.69. The van der Waals surface area contributed by atoms with Crippen LogP contribution in [0.2, 0.25) is 0 Å². The largest absolute Gasteiger partial charge is 0.179 e. The molecule has 0 aliphatic heterocycles. The van der Waals surface area contributed by atoms with E-state index >= 15 is 0 Å². The Bertz CT molecular complexity index is 517. The first kappa shape index (κ1) is 19.8. The van der Waals surface area contributed by atoms with E-state index in [0.717, 1.165) is 29.4 Å². The smallest absolute Gasteiger partial charge is 0.00925 e. The predicted octanol–water partition coefficient (Wildman–Crippen LogP) is 7.40. The topological polar surface area (TPSA) is 0 Å². The minimum absolute atomic E-state index is 0.399. The van der Waals surface area contributed by atoms with Crippen molar-refractivity contribution in [3.8, 4) is 0 Å². The predicted molar refractivity (Wildman–Crippen MR) is 114 cm³/mol. The Morgan fingerprint density at radius 2 is 1.64 bits per heavy atom. The molecule has 0 nitrogen and oxygen atoms in total. The highest BCUT2D eigenvalue weighted by atomic mass is 32.1. The molecule has 3 saturated carbocycles. The van der Waals surface area contributed by atoms with Crippen molar-refractivity contribution in [2.45, 2.75) is 86.5 Å². The van der Waals surface area contributed by atoms with Crippen molar-refractivity contribution < 1.29 is 0 Å². The van der Waals surface area contributed by atoms with Gasteiger partial charge in [-0.05, 0) is 96.0 Å². The lowest BCUT2D eigenvalue weighted by molar-refractivity contribution is -0.186. The molecule has 144 valence electrons. The van der Waals surface area contributed by atoms with E-state index in [1.165, 1.54) is 44.9 Å². The van der Waals surface area contributed by atoms with Gasteiger partial charge < -0.3 is 0 Å². The molecule has 0 aromatic rings. The van der Waals surface area contributed by atoms with Crippen LogP contribution < -0.4 is 0 Å². The number of rotatable bonds is 3. The van der Waals surface area contributed by atoms with E-state index in [1.54, 1.807) is 0 Å². The van der Waals surface area contributed by atoms with Gasteiger partial charge in [-0.25, -0.2) is 0 Å². The highest BCUT2D eigenvalue weighted by Gasteiger charge is 2.66. The van der Waals surface area contributed by atoms with Crippen LogP contribution in [-0.4, -0.2) is 5.75 Å². The zero-order valence-electron chi connectivity index (χ0n) is 17.7. The Hall–Kier alpha value is 0.0900. The number of hydrogen-bond acceptors (Lipinski definition) is 1. The van der Waals surface area contributed by atoms with Crippen LogP contribution in [0.4, 0.5) is 0 Å². The van der Waals surface area contributed by atoms with Crippen molar-refractivity contribution in [2.24, 2.45) is 45.3 Å². The Morgan fingerprint density at radius 1 is 1.00 bits per heavy atom. The zero-order valence-corrected chi connectivity index (χ0v) is 18.6. The second kappa shape index (κ2) is 6.32. The lowest BCUT2D eigenvalue weighted by Crippen LogP contribution is -2.60. The maximum atomic E-state index is 4.72. The first-order valence-corrected chi connectivity index (χ1v) is 11.4. The molecule has 0 bridgehead atoms. The van der Waals surface area contributed by atoms with Gasteiger partial charge in [0.15, 0.2) is 0 Å². The van der Waals surface area contributed by atoms with Crippen molar-refractivity contribution in [3.63, 3.8) is 0 Å². The van der Waals surface area contributed by atoms with Gasteiger partial charge in [-0.3, -0.25) is 0 Å². The van der Waals surface area contributed by atoms with Crippen LogP contribution in [0.15, 0.2) is 12.7 Å². The van der Waals surface area contributed by atoms with Crippen molar-refractivity contribution in [1.29, 1.82) is 0 Å². The van der Waals surface area contributed by atoms with Crippen LogP contribution in [-0.2, 0) is 0 Å². The van der Waals surface area contributed by atoms with Crippen molar-refractivity contribution in [1.82, 2.24) is 0 Å². The molecular formula is C24H42S. The maximum absolute atomic E-state index is 4.72. The third-order valence-electron chi connectivity index (χ3n) is 9.72. The van der Waals surface area contributed by atoms with Gasteiger partial charge in [-0.15, -0.1) is 6.58 Å². The molecule has 25 heavy (non-hydrogen) atoms. The molecule has 0 N–H and O–H groups in total. The summed E-state index contributed by atoms with van der Waals surface area (Å²) in [6.07, 6.45) is 12.0. The fourth-order valence-corrected chi connectivity index (χ4v) is 8.94. The number of allylic oxidation sites excluding steroid dienone is 1. The summed E-state index contributed by atoms with van der Waals surface area (Å²) in [5, 5.41) is 0. The molecule has 0 amide bonds. The molecule has 0 saturated heterocycles. The Kier molecular flexibility index (Phi) is 5.01. The summed E-state index contributed by atoms with van der Waals surface area (Å²) in [6.45, 7) is 19.6. The number of hydrogen-bond donors (Lipinski definition) is 1. The van der Waals surface area contributed by atoms with Gasteiger partial charge in [-0.2, -0.15) is 12.6 Å². The summed E-state index contributed by atoms with van der Waals surface area (Å²) in [6, 6.07) is 0. The average molecular weight is 363 g/mol. The molecular weight excluding hydrogens is 320 g/mol. The maximum Gasteiger partial charge on any atom is -0.00925 e. The Balaban J connectivity index is 2.03. The van der Waals surface area contributed by atoms with E-state index in [0.29, 0.717) is 21.7 Å². The first-order valence-electron chi connectivity index (χ1n) is 10.8. The van der Waals surface area contributed by atoms with Crippen molar-refractivity contribution in [2.75, 3.05) is 5.75 Å². The molecule has 3 fully saturated rings. The molecule has 0 aromatic carbocycles. The molecule has 3 aliphatic carbocycles. The van der Waals surface area contributed by atoms with Crippen molar-refractivity contribution in [3.05, 3.63) is 12.7 Å². The highest BCUT2D eigenvalue weighted by Crippen LogP contribution is 2.73. The minimum atomic E-state index is 0.399. The van der Waals surface area contributed by atoms with Gasteiger partial charge in [0.2, 0.25) is 0 Å². The number of fused-ring (bicyclic) bond motifs is 3. The fourth-order valence-electron chi connectivity index (χ4n) is 8.46. The van der Waals surface area contributed by atoms with Crippen molar-refractivity contribution >= 4 is 12.6 Å². The minimum Gasteiger partial charge on any atom is -0.179 e. The van der Waals surface area contributed by atoms with E-state index < -0.39 is 0 Å².